The lowest BCUT2D eigenvalue weighted by Gasteiger charge is -2.36. The topological polar surface area (TPSA) is 43.9 Å². The first-order valence-electron chi connectivity index (χ1n) is 9.92. The average Bonchev–Trinajstić information content (AvgIpc) is 3.04. The molecule has 4 rings (SSSR count). The largest absolute Gasteiger partial charge is 0.297 e. The lowest BCUT2D eigenvalue weighted by Crippen LogP contribution is -2.52. The number of hydrogen-bond acceptors (Lipinski definition) is 4. The molecular formula is C23H24IN3O2. The van der Waals surface area contributed by atoms with Crippen molar-refractivity contribution in [3.63, 3.8) is 0 Å². The molecule has 6 heteroatoms. The van der Waals surface area contributed by atoms with Gasteiger partial charge in [-0.2, -0.15) is 0 Å². The maximum Gasteiger partial charge on any atom is 0.251 e. The van der Waals surface area contributed by atoms with Crippen LogP contribution in [-0.4, -0.2) is 60.4 Å². The Labute approximate surface area is 185 Å². The van der Waals surface area contributed by atoms with Crippen LogP contribution in [0.15, 0.2) is 60.7 Å². The highest BCUT2D eigenvalue weighted by Crippen LogP contribution is 2.26. The van der Waals surface area contributed by atoms with Gasteiger partial charge in [-0.25, -0.2) is 4.90 Å². The summed E-state index contributed by atoms with van der Waals surface area (Å²) >= 11 is 2.22. The second kappa shape index (κ2) is 9.19. The number of halogens is 1. The third-order valence-electron chi connectivity index (χ3n) is 5.53. The van der Waals surface area contributed by atoms with Gasteiger partial charge in [0.15, 0.2) is 0 Å². The van der Waals surface area contributed by atoms with E-state index in [9.17, 15) is 9.59 Å². The van der Waals surface area contributed by atoms with E-state index in [2.05, 4.69) is 56.7 Å². The third kappa shape index (κ3) is 4.76. The first-order valence-corrected chi connectivity index (χ1v) is 11.0. The fraction of sp³-hybridized carbons (Fsp3) is 0.304. The molecule has 2 aromatic rings. The van der Waals surface area contributed by atoms with Crippen LogP contribution < -0.4 is 4.90 Å². The van der Waals surface area contributed by atoms with E-state index in [0.29, 0.717) is 5.69 Å². The van der Waals surface area contributed by atoms with E-state index in [-0.39, 0.29) is 24.3 Å². The minimum absolute atomic E-state index is 0.0892. The minimum atomic E-state index is -0.330. The molecule has 2 aliphatic heterocycles. The monoisotopic (exact) mass is 501 g/mol. The molecule has 0 bridgehead atoms. The summed E-state index contributed by atoms with van der Waals surface area (Å²) in [5.74, 6) is -0.192. The summed E-state index contributed by atoms with van der Waals surface area (Å²) in [6.45, 7) is 4.32. The quantitative estimate of drug-likeness (QED) is 0.466. The van der Waals surface area contributed by atoms with Gasteiger partial charge in [0.25, 0.3) is 5.91 Å². The lowest BCUT2D eigenvalue weighted by atomic mass is 10.1. The van der Waals surface area contributed by atoms with E-state index in [1.54, 1.807) is 0 Å². The van der Waals surface area contributed by atoms with Crippen molar-refractivity contribution >= 4 is 46.2 Å². The molecule has 2 aliphatic rings. The van der Waals surface area contributed by atoms with Gasteiger partial charge in [-0.3, -0.25) is 19.4 Å². The molecule has 1 atom stereocenters. The van der Waals surface area contributed by atoms with Gasteiger partial charge in [-0.1, -0.05) is 42.5 Å². The summed E-state index contributed by atoms with van der Waals surface area (Å²) in [6.07, 6.45) is 4.61. The van der Waals surface area contributed by atoms with E-state index in [4.69, 9.17) is 0 Å². The molecule has 5 nitrogen and oxygen atoms in total. The van der Waals surface area contributed by atoms with Crippen molar-refractivity contribution in [3.05, 3.63) is 69.8 Å². The lowest BCUT2D eigenvalue weighted by molar-refractivity contribution is -0.123. The van der Waals surface area contributed by atoms with Gasteiger partial charge in [0.2, 0.25) is 5.91 Å². The summed E-state index contributed by atoms with van der Waals surface area (Å²) in [7, 11) is 0. The third-order valence-corrected chi connectivity index (χ3v) is 6.25. The highest BCUT2D eigenvalue weighted by Gasteiger charge is 2.43. The van der Waals surface area contributed by atoms with Gasteiger partial charge in [0.1, 0.15) is 0 Å². The van der Waals surface area contributed by atoms with Crippen LogP contribution in [0.1, 0.15) is 12.0 Å². The highest BCUT2D eigenvalue weighted by atomic mass is 127. The number of nitrogens with zero attached hydrogens (tertiary/aromatic N) is 3. The Morgan fingerprint density at radius 2 is 1.62 bits per heavy atom. The zero-order chi connectivity index (χ0) is 20.2. The van der Waals surface area contributed by atoms with Gasteiger partial charge in [0.05, 0.1) is 18.2 Å². The Bertz CT molecular complexity index is 890. The molecule has 0 N–H and O–H groups in total. The second-order valence-corrected chi connectivity index (χ2v) is 8.66. The van der Waals surface area contributed by atoms with Crippen molar-refractivity contribution in [2.24, 2.45) is 0 Å². The van der Waals surface area contributed by atoms with Crippen LogP contribution in [0.5, 0.6) is 0 Å². The van der Waals surface area contributed by atoms with E-state index in [1.807, 2.05) is 42.5 Å². The molecule has 2 fully saturated rings. The maximum atomic E-state index is 12.9. The molecule has 0 unspecified atom stereocenters. The normalized spacial score (nSPS) is 21.4. The predicted octanol–water partition coefficient (Wildman–Crippen LogP) is 3.25. The molecule has 0 aliphatic carbocycles. The number of carbonyl (C=O) groups is 2. The number of rotatable bonds is 5. The molecule has 0 saturated carbocycles. The fourth-order valence-electron chi connectivity index (χ4n) is 3.92. The van der Waals surface area contributed by atoms with Gasteiger partial charge >= 0.3 is 0 Å². The van der Waals surface area contributed by atoms with Gasteiger partial charge in [-0.15, -0.1) is 0 Å². The first kappa shape index (κ1) is 20.3. The van der Waals surface area contributed by atoms with Crippen molar-refractivity contribution < 1.29 is 9.59 Å². The number of anilines is 1. The number of carbonyl (C=O) groups excluding carboxylic acids is 2. The molecule has 2 heterocycles. The van der Waals surface area contributed by atoms with Crippen LogP contribution in [0.25, 0.3) is 6.08 Å². The van der Waals surface area contributed by atoms with Crippen LogP contribution in [-0.2, 0) is 9.59 Å². The Balaban J connectivity index is 1.31. The summed E-state index contributed by atoms with van der Waals surface area (Å²) in [6, 6.07) is 17.5. The number of benzene rings is 2. The number of amides is 2. The van der Waals surface area contributed by atoms with Crippen LogP contribution in [0.3, 0.4) is 0 Å². The van der Waals surface area contributed by atoms with E-state index in [1.165, 1.54) is 10.5 Å². The van der Waals surface area contributed by atoms with Gasteiger partial charge in [-0.05, 0) is 52.4 Å². The standard InChI is InChI=1S/C23H24IN3O2/c24-19-8-10-20(11-9-19)27-22(28)17-21(23(27)29)26-15-13-25(14-16-26)12-4-7-18-5-2-1-3-6-18/h1-11,21H,12-17H2/b7-4+/t21-/m0/s1. The zero-order valence-corrected chi connectivity index (χ0v) is 18.4. The number of piperazine rings is 1. The maximum absolute atomic E-state index is 12.9. The van der Waals surface area contributed by atoms with Crippen LogP contribution in [0.4, 0.5) is 5.69 Å². The molecule has 0 spiro atoms. The molecule has 2 amide bonds. The van der Waals surface area contributed by atoms with Crippen LogP contribution in [0.2, 0.25) is 0 Å². The van der Waals surface area contributed by atoms with Gasteiger partial charge in [0, 0.05) is 36.3 Å². The Morgan fingerprint density at radius 3 is 2.31 bits per heavy atom. The summed E-state index contributed by atoms with van der Waals surface area (Å²) < 4.78 is 1.08. The molecule has 2 saturated heterocycles. The van der Waals surface area contributed by atoms with Crippen LogP contribution in [0, 0.1) is 3.57 Å². The average molecular weight is 501 g/mol. The van der Waals surface area contributed by atoms with Crippen molar-refractivity contribution in [3.8, 4) is 0 Å². The first-order chi connectivity index (χ1) is 14.1. The molecule has 0 radical (unpaired) electrons. The molecule has 150 valence electrons. The number of imide groups is 1. The summed E-state index contributed by atoms with van der Waals surface area (Å²) in [4.78, 5) is 31.4. The van der Waals surface area contributed by atoms with Crippen molar-refractivity contribution in [1.82, 2.24) is 9.80 Å². The van der Waals surface area contributed by atoms with E-state index < -0.39 is 0 Å². The number of hydrogen-bond donors (Lipinski definition) is 0. The Kier molecular flexibility index (Phi) is 6.42. The molecule has 0 aromatic heterocycles. The summed E-state index contributed by atoms with van der Waals surface area (Å²) in [5.41, 5.74) is 1.88. The molecule has 2 aromatic carbocycles. The summed E-state index contributed by atoms with van der Waals surface area (Å²) in [5, 5.41) is 0. The SMILES string of the molecule is O=C1C[C@H](N2CCN(C/C=C/c3ccccc3)CC2)C(=O)N1c1ccc(I)cc1. The van der Waals surface area contributed by atoms with Crippen LogP contribution >= 0.6 is 22.6 Å². The predicted molar refractivity (Wildman–Crippen MR) is 124 cm³/mol. The van der Waals surface area contributed by atoms with E-state index >= 15 is 0 Å². The molecular weight excluding hydrogens is 477 g/mol. The highest BCUT2D eigenvalue weighted by molar-refractivity contribution is 14.1. The second-order valence-electron chi connectivity index (χ2n) is 7.41. The fourth-order valence-corrected chi connectivity index (χ4v) is 4.28. The van der Waals surface area contributed by atoms with Gasteiger partial charge < -0.3 is 0 Å². The minimum Gasteiger partial charge on any atom is -0.297 e. The zero-order valence-electron chi connectivity index (χ0n) is 16.2. The Morgan fingerprint density at radius 1 is 0.931 bits per heavy atom. The Hall–Kier alpha value is -2.03. The van der Waals surface area contributed by atoms with Crippen molar-refractivity contribution in [2.45, 2.75) is 12.5 Å². The van der Waals surface area contributed by atoms with E-state index in [0.717, 1.165) is 36.3 Å². The molecule has 29 heavy (non-hydrogen) atoms. The smallest absolute Gasteiger partial charge is 0.251 e. The van der Waals surface area contributed by atoms with Crippen molar-refractivity contribution in [2.75, 3.05) is 37.6 Å². The van der Waals surface area contributed by atoms with Crippen molar-refractivity contribution in [1.29, 1.82) is 0 Å².